The third-order valence-electron chi connectivity index (χ3n) is 3.10. The van der Waals surface area contributed by atoms with E-state index in [0.717, 1.165) is 30.5 Å². The van der Waals surface area contributed by atoms with Gasteiger partial charge in [-0.3, -0.25) is 0 Å². The average Bonchev–Trinajstić information content (AvgIpc) is 2.38. The fourth-order valence-electron chi connectivity index (χ4n) is 2.08. The highest BCUT2D eigenvalue weighted by atomic mass is 79.9. The lowest BCUT2D eigenvalue weighted by atomic mass is 10.0. The van der Waals surface area contributed by atoms with E-state index in [9.17, 15) is 13.2 Å². The maximum absolute atomic E-state index is 13.7. The molecule has 0 aliphatic carbocycles. The Balaban J connectivity index is 2.32. The summed E-state index contributed by atoms with van der Waals surface area (Å²) >= 11 is 2.17. The first kappa shape index (κ1) is 15.1. The second-order valence-corrected chi connectivity index (χ2v) is 5.64. The van der Waals surface area contributed by atoms with Crippen LogP contribution in [0.25, 0.3) is 11.1 Å². The molecule has 0 aliphatic rings. The van der Waals surface area contributed by atoms with E-state index in [1.54, 1.807) is 0 Å². The van der Waals surface area contributed by atoms with Crippen molar-refractivity contribution >= 4 is 15.9 Å². The Bertz CT molecular complexity index is 586. The zero-order valence-corrected chi connectivity index (χ0v) is 12.6. The summed E-state index contributed by atoms with van der Waals surface area (Å²) in [5, 5.41) is 0. The smallest absolute Gasteiger partial charge is 0.206 e. The fraction of sp³-hybridized carbons (Fsp3) is 0.250. The van der Waals surface area contributed by atoms with E-state index in [0.29, 0.717) is 5.56 Å². The Morgan fingerprint density at radius 1 is 1.00 bits per heavy atom. The molecule has 0 bridgehead atoms. The van der Waals surface area contributed by atoms with Crippen molar-refractivity contribution in [3.8, 4) is 11.1 Å². The number of hydrogen-bond acceptors (Lipinski definition) is 0. The van der Waals surface area contributed by atoms with E-state index in [1.165, 1.54) is 11.6 Å². The van der Waals surface area contributed by atoms with Crippen molar-refractivity contribution in [2.75, 3.05) is 0 Å². The van der Waals surface area contributed by atoms with Gasteiger partial charge >= 0.3 is 4.83 Å². The van der Waals surface area contributed by atoms with Crippen molar-refractivity contribution in [2.24, 2.45) is 0 Å². The molecule has 2 aromatic carbocycles. The van der Waals surface area contributed by atoms with Crippen LogP contribution in [0.15, 0.2) is 42.5 Å². The zero-order valence-electron chi connectivity index (χ0n) is 11.0. The first-order valence-electron chi connectivity index (χ1n) is 6.38. The van der Waals surface area contributed by atoms with Crippen LogP contribution in [-0.2, 0) is 11.3 Å². The van der Waals surface area contributed by atoms with Gasteiger partial charge in [0.2, 0.25) is 0 Å². The highest BCUT2D eigenvalue weighted by Gasteiger charge is 2.30. The van der Waals surface area contributed by atoms with Crippen LogP contribution >= 0.6 is 15.9 Å². The van der Waals surface area contributed by atoms with Gasteiger partial charge in [0.25, 0.3) is 0 Å². The maximum Gasteiger partial charge on any atom is 0.329 e. The van der Waals surface area contributed by atoms with E-state index in [-0.39, 0.29) is 0 Å². The number of benzene rings is 2. The molecule has 106 valence electrons. The third-order valence-corrected chi connectivity index (χ3v) is 3.53. The summed E-state index contributed by atoms with van der Waals surface area (Å²) in [6.45, 7) is 2.10. The Kier molecular flexibility index (Phi) is 4.53. The number of rotatable bonds is 4. The first-order valence-corrected chi connectivity index (χ1v) is 7.17. The summed E-state index contributed by atoms with van der Waals surface area (Å²) in [4.78, 5) is -3.35. The average molecular weight is 343 g/mol. The normalized spacial score (nSPS) is 11.7. The highest BCUT2D eigenvalue weighted by molar-refractivity contribution is 9.09. The minimum atomic E-state index is -3.35. The lowest BCUT2D eigenvalue weighted by Gasteiger charge is -2.11. The lowest BCUT2D eigenvalue weighted by molar-refractivity contribution is 0.110. The number of aryl methyl sites for hydroxylation is 1. The Hall–Kier alpha value is -1.29. The summed E-state index contributed by atoms with van der Waals surface area (Å²) < 4.78 is 39.8. The van der Waals surface area contributed by atoms with Crippen LogP contribution in [-0.4, -0.2) is 0 Å². The summed E-state index contributed by atoms with van der Waals surface area (Å²) in [6, 6.07) is 11.5. The predicted molar refractivity (Wildman–Crippen MR) is 78.7 cm³/mol. The van der Waals surface area contributed by atoms with Gasteiger partial charge in [-0.2, -0.15) is 8.78 Å². The zero-order chi connectivity index (χ0) is 14.8. The third kappa shape index (κ3) is 3.42. The second kappa shape index (κ2) is 6.00. The standard InChI is InChI=1S/C16H14BrF3/c1-2-3-11-4-6-12(7-5-11)13-8-9-14(15(18)10-13)16(17,19)20/h4-10H,2-3H2,1H3. The minimum absolute atomic E-state index is 0.589. The van der Waals surface area contributed by atoms with Crippen LogP contribution in [0, 0.1) is 5.82 Å². The molecule has 0 fully saturated rings. The number of alkyl halides is 3. The molecule has 4 heteroatoms. The van der Waals surface area contributed by atoms with Crippen molar-refractivity contribution in [3.05, 3.63) is 59.4 Å². The van der Waals surface area contributed by atoms with Crippen LogP contribution in [0.4, 0.5) is 13.2 Å². The van der Waals surface area contributed by atoms with Gasteiger partial charge in [-0.15, -0.1) is 0 Å². The molecule has 0 N–H and O–H groups in total. The molecule has 0 atom stereocenters. The maximum atomic E-state index is 13.7. The lowest BCUT2D eigenvalue weighted by Crippen LogP contribution is -2.05. The topological polar surface area (TPSA) is 0 Å². The van der Waals surface area contributed by atoms with Crippen LogP contribution in [0.3, 0.4) is 0 Å². The van der Waals surface area contributed by atoms with Crippen molar-refractivity contribution in [2.45, 2.75) is 24.6 Å². The van der Waals surface area contributed by atoms with Crippen molar-refractivity contribution < 1.29 is 13.2 Å². The van der Waals surface area contributed by atoms with E-state index in [1.807, 2.05) is 24.3 Å². The van der Waals surface area contributed by atoms with Crippen molar-refractivity contribution in [3.63, 3.8) is 0 Å². The molecular formula is C16H14BrF3. The Morgan fingerprint density at radius 2 is 1.60 bits per heavy atom. The Morgan fingerprint density at radius 3 is 2.10 bits per heavy atom. The van der Waals surface area contributed by atoms with Crippen LogP contribution in [0.1, 0.15) is 24.5 Å². The largest absolute Gasteiger partial charge is 0.329 e. The van der Waals surface area contributed by atoms with E-state index >= 15 is 0 Å². The molecule has 0 saturated heterocycles. The summed E-state index contributed by atoms with van der Waals surface area (Å²) in [5.41, 5.74) is 1.96. The van der Waals surface area contributed by atoms with Gasteiger partial charge in [0.05, 0.1) is 5.56 Å². The van der Waals surface area contributed by atoms with E-state index < -0.39 is 16.2 Å². The Labute approximate surface area is 124 Å². The molecule has 0 spiro atoms. The van der Waals surface area contributed by atoms with Crippen molar-refractivity contribution in [1.82, 2.24) is 0 Å². The highest BCUT2D eigenvalue weighted by Crippen LogP contribution is 2.37. The molecule has 0 nitrogen and oxygen atoms in total. The summed E-state index contributed by atoms with van der Waals surface area (Å²) in [5.74, 6) is -0.915. The molecule has 2 aromatic rings. The fourth-order valence-corrected chi connectivity index (χ4v) is 2.40. The summed E-state index contributed by atoms with van der Waals surface area (Å²) in [6.07, 6.45) is 2.05. The van der Waals surface area contributed by atoms with Gasteiger partial charge in [-0.25, -0.2) is 4.39 Å². The van der Waals surface area contributed by atoms with Crippen LogP contribution in [0.2, 0.25) is 0 Å². The van der Waals surface area contributed by atoms with Crippen LogP contribution < -0.4 is 0 Å². The van der Waals surface area contributed by atoms with Gasteiger partial charge < -0.3 is 0 Å². The molecule has 0 aromatic heterocycles. The molecule has 0 unspecified atom stereocenters. The molecule has 0 heterocycles. The van der Waals surface area contributed by atoms with E-state index in [4.69, 9.17) is 0 Å². The first-order chi connectivity index (χ1) is 9.41. The SMILES string of the molecule is CCCc1ccc(-c2ccc(C(F)(F)Br)c(F)c2)cc1. The predicted octanol–water partition coefficient (Wildman–Crippen LogP) is 5.89. The molecule has 0 saturated carbocycles. The molecule has 0 radical (unpaired) electrons. The van der Waals surface area contributed by atoms with Gasteiger partial charge in [0.15, 0.2) is 0 Å². The monoisotopic (exact) mass is 342 g/mol. The molecule has 0 amide bonds. The van der Waals surface area contributed by atoms with Gasteiger partial charge in [-0.05, 0) is 51.2 Å². The molecular weight excluding hydrogens is 329 g/mol. The number of hydrogen-bond donors (Lipinski definition) is 0. The van der Waals surface area contributed by atoms with Gasteiger partial charge in [0.1, 0.15) is 5.82 Å². The summed E-state index contributed by atoms with van der Waals surface area (Å²) in [7, 11) is 0. The quantitative estimate of drug-likeness (QED) is 0.607. The number of halogens is 4. The van der Waals surface area contributed by atoms with Gasteiger partial charge in [-0.1, -0.05) is 43.7 Å². The molecule has 0 aliphatic heterocycles. The second-order valence-electron chi connectivity index (χ2n) is 4.64. The van der Waals surface area contributed by atoms with Gasteiger partial charge in [0, 0.05) is 0 Å². The van der Waals surface area contributed by atoms with E-state index in [2.05, 4.69) is 22.9 Å². The van der Waals surface area contributed by atoms with Crippen molar-refractivity contribution in [1.29, 1.82) is 0 Å². The molecule has 20 heavy (non-hydrogen) atoms. The van der Waals surface area contributed by atoms with Crippen LogP contribution in [0.5, 0.6) is 0 Å². The minimum Gasteiger partial charge on any atom is -0.206 e. The molecule has 2 rings (SSSR count).